The zero-order valence-corrected chi connectivity index (χ0v) is 10.9. The van der Waals surface area contributed by atoms with Crippen molar-refractivity contribution in [1.29, 1.82) is 0 Å². The van der Waals surface area contributed by atoms with Gasteiger partial charge in [-0.25, -0.2) is 4.79 Å². The summed E-state index contributed by atoms with van der Waals surface area (Å²) in [6.45, 7) is 0. The van der Waals surface area contributed by atoms with Gasteiger partial charge in [0.05, 0.1) is 16.6 Å². The summed E-state index contributed by atoms with van der Waals surface area (Å²) in [6.07, 6.45) is 0. The maximum absolute atomic E-state index is 12.6. The number of H-pyrrole nitrogens is 2. The SMILES string of the molecule is CN(C(=O)c1cccc2[nH]c(=O)[nH]c12)c1ccccc1. The van der Waals surface area contributed by atoms with E-state index in [0.29, 0.717) is 16.6 Å². The Morgan fingerprint density at radius 2 is 1.75 bits per heavy atom. The van der Waals surface area contributed by atoms with E-state index in [-0.39, 0.29) is 11.6 Å². The van der Waals surface area contributed by atoms with Gasteiger partial charge in [0, 0.05) is 12.7 Å². The molecule has 0 aliphatic heterocycles. The van der Waals surface area contributed by atoms with Crippen molar-refractivity contribution in [2.75, 3.05) is 11.9 Å². The minimum Gasteiger partial charge on any atom is -0.311 e. The fourth-order valence-electron chi connectivity index (χ4n) is 2.19. The number of para-hydroxylation sites is 2. The summed E-state index contributed by atoms with van der Waals surface area (Å²) in [7, 11) is 1.71. The van der Waals surface area contributed by atoms with Gasteiger partial charge in [-0.3, -0.25) is 4.79 Å². The predicted octanol–water partition coefficient (Wildman–Crippen LogP) is 2.13. The topological polar surface area (TPSA) is 69.0 Å². The molecule has 0 aliphatic rings. The van der Waals surface area contributed by atoms with Crippen molar-refractivity contribution in [3.63, 3.8) is 0 Å². The van der Waals surface area contributed by atoms with Gasteiger partial charge in [-0.15, -0.1) is 0 Å². The smallest absolute Gasteiger partial charge is 0.311 e. The molecule has 0 aliphatic carbocycles. The van der Waals surface area contributed by atoms with Gasteiger partial charge < -0.3 is 14.9 Å². The molecular weight excluding hydrogens is 254 g/mol. The number of hydrogen-bond acceptors (Lipinski definition) is 2. The number of rotatable bonds is 2. The van der Waals surface area contributed by atoms with Crippen molar-refractivity contribution in [2.24, 2.45) is 0 Å². The highest BCUT2D eigenvalue weighted by Crippen LogP contribution is 2.19. The summed E-state index contributed by atoms with van der Waals surface area (Å²) in [5.41, 5.74) is 2.11. The Balaban J connectivity index is 2.07. The average molecular weight is 267 g/mol. The number of benzene rings is 2. The second-order valence-electron chi connectivity index (χ2n) is 4.51. The van der Waals surface area contributed by atoms with E-state index < -0.39 is 0 Å². The van der Waals surface area contributed by atoms with Gasteiger partial charge in [0.15, 0.2) is 0 Å². The van der Waals surface area contributed by atoms with Crippen LogP contribution in [0.15, 0.2) is 53.3 Å². The summed E-state index contributed by atoms with van der Waals surface area (Å²) < 4.78 is 0. The van der Waals surface area contributed by atoms with Crippen LogP contribution in [-0.4, -0.2) is 22.9 Å². The molecule has 2 aromatic carbocycles. The second-order valence-corrected chi connectivity index (χ2v) is 4.51. The second kappa shape index (κ2) is 4.70. The maximum atomic E-state index is 12.6. The molecule has 0 saturated carbocycles. The molecule has 0 spiro atoms. The quantitative estimate of drug-likeness (QED) is 0.746. The molecule has 1 amide bonds. The third-order valence-corrected chi connectivity index (χ3v) is 3.23. The van der Waals surface area contributed by atoms with Crippen molar-refractivity contribution in [2.45, 2.75) is 0 Å². The Bertz CT molecular complexity index is 818. The monoisotopic (exact) mass is 267 g/mol. The molecule has 3 rings (SSSR count). The van der Waals surface area contributed by atoms with Crippen LogP contribution in [0.25, 0.3) is 11.0 Å². The van der Waals surface area contributed by atoms with E-state index in [2.05, 4.69) is 9.97 Å². The van der Waals surface area contributed by atoms with E-state index in [4.69, 9.17) is 0 Å². The number of anilines is 1. The first-order valence-electron chi connectivity index (χ1n) is 6.21. The van der Waals surface area contributed by atoms with E-state index in [1.165, 1.54) is 0 Å². The largest absolute Gasteiger partial charge is 0.323 e. The first-order chi connectivity index (χ1) is 9.66. The molecule has 0 radical (unpaired) electrons. The van der Waals surface area contributed by atoms with Crippen molar-refractivity contribution < 1.29 is 4.79 Å². The zero-order chi connectivity index (χ0) is 14.1. The van der Waals surface area contributed by atoms with E-state index >= 15 is 0 Å². The van der Waals surface area contributed by atoms with Crippen molar-refractivity contribution >= 4 is 22.6 Å². The fraction of sp³-hybridized carbons (Fsp3) is 0.0667. The van der Waals surface area contributed by atoms with Crippen LogP contribution < -0.4 is 10.6 Å². The summed E-state index contributed by atoms with van der Waals surface area (Å²) in [4.78, 5) is 30.8. The Labute approximate surface area is 114 Å². The lowest BCUT2D eigenvalue weighted by molar-refractivity contribution is 0.0994. The summed E-state index contributed by atoms with van der Waals surface area (Å²) in [5.74, 6) is -0.169. The van der Waals surface area contributed by atoms with Crippen LogP contribution in [0.1, 0.15) is 10.4 Å². The van der Waals surface area contributed by atoms with Crippen molar-refractivity contribution in [3.8, 4) is 0 Å². The van der Waals surface area contributed by atoms with Crippen LogP contribution in [0.3, 0.4) is 0 Å². The molecular formula is C15H13N3O2. The molecule has 1 heterocycles. The predicted molar refractivity (Wildman–Crippen MR) is 78.1 cm³/mol. The average Bonchev–Trinajstić information content (AvgIpc) is 2.86. The summed E-state index contributed by atoms with van der Waals surface area (Å²) in [6, 6.07) is 14.6. The zero-order valence-electron chi connectivity index (χ0n) is 10.9. The number of aromatic amines is 2. The third-order valence-electron chi connectivity index (χ3n) is 3.23. The fourth-order valence-corrected chi connectivity index (χ4v) is 2.19. The van der Waals surface area contributed by atoms with E-state index in [1.807, 2.05) is 30.3 Å². The van der Waals surface area contributed by atoms with Crippen LogP contribution in [0.2, 0.25) is 0 Å². The molecule has 1 aromatic heterocycles. The van der Waals surface area contributed by atoms with Gasteiger partial charge in [-0.1, -0.05) is 24.3 Å². The molecule has 0 fully saturated rings. The molecule has 0 saturated heterocycles. The molecule has 20 heavy (non-hydrogen) atoms. The first-order valence-corrected chi connectivity index (χ1v) is 6.21. The Kier molecular flexibility index (Phi) is 2.87. The lowest BCUT2D eigenvalue weighted by atomic mass is 10.1. The first kappa shape index (κ1) is 12.2. The number of fused-ring (bicyclic) bond motifs is 1. The minimum absolute atomic E-state index is 0.169. The number of imidazole rings is 1. The van der Waals surface area contributed by atoms with E-state index in [9.17, 15) is 9.59 Å². The molecule has 5 nitrogen and oxygen atoms in total. The number of carbonyl (C=O) groups is 1. The number of nitrogens with one attached hydrogen (secondary N) is 2. The van der Waals surface area contributed by atoms with Gasteiger partial charge in [0.1, 0.15) is 0 Å². The minimum atomic E-state index is -0.317. The summed E-state index contributed by atoms with van der Waals surface area (Å²) >= 11 is 0. The molecule has 5 heteroatoms. The normalized spacial score (nSPS) is 10.7. The molecule has 3 aromatic rings. The van der Waals surface area contributed by atoms with Crippen molar-refractivity contribution in [1.82, 2.24) is 9.97 Å². The van der Waals surface area contributed by atoms with Crippen LogP contribution in [0.5, 0.6) is 0 Å². The van der Waals surface area contributed by atoms with Crippen LogP contribution in [0.4, 0.5) is 5.69 Å². The highest BCUT2D eigenvalue weighted by Gasteiger charge is 2.17. The molecule has 0 bridgehead atoms. The lowest BCUT2D eigenvalue weighted by Gasteiger charge is -2.17. The highest BCUT2D eigenvalue weighted by molar-refractivity contribution is 6.12. The maximum Gasteiger partial charge on any atom is 0.323 e. The van der Waals surface area contributed by atoms with Gasteiger partial charge in [-0.05, 0) is 24.3 Å². The third kappa shape index (κ3) is 1.99. The van der Waals surface area contributed by atoms with E-state index in [1.54, 1.807) is 30.1 Å². The van der Waals surface area contributed by atoms with Crippen molar-refractivity contribution in [3.05, 3.63) is 64.6 Å². The van der Waals surface area contributed by atoms with E-state index in [0.717, 1.165) is 5.69 Å². The van der Waals surface area contributed by atoms with Gasteiger partial charge in [-0.2, -0.15) is 0 Å². The number of aromatic nitrogens is 2. The number of amides is 1. The Hall–Kier alpha value is -2.82. The van der Waals surface area contributed by atoms with Crippen LogP contribution in [0, 0.1) is 0 Å². The highest BCUT2D eigenvalue weighted by atomic mass is 16.2. The lowest BCUT2D eigenvalue weighted by Crippen LogP contribution is -2.26. The van der Waals surface area contributed by atoms with Crippen LogP contribution in [-0.2, 0) is 0 Å². The number of hydrogen-bond donors (Lipinski definition) is 2. The van der Waals surface area contributed by atoms with Gasteiger partial charge >= 0.3 is 5.69 Å². The standard InChI is InChI=1S/C15H13N3O2/c1-18(10-6-3-2-4-7-10)14(19)11-8-5-9-12-13(11)17-15(20)16-12/h2-9H,1H3,(H2,16,17,20). The molecule has 2 N–H and O–H groups in total. The van der Waals surface area contributed by atoms with Gasteiger partial charge in [0.2, 0.25) is 0 Å². The Morgan fingerprint density at radius 1 is 1.00 bits per heavy atom. The van der Waals surface area contributed by atoms with Gasteiger partial charge in [0.25, 0.3) is 5.91 Å². The Morgan fingerprint density at radius 3 is 2.50 bits per heavy atom. The van der Waals surface area contributed by atoms with Crippen LogP contribution >= 0.6 is 0 Å². The molecule has 100 valence electrons. The number of nitrogens with zero attached hydrogens (tertiary/aromatic N) is 1. The molecule has 0 unspecified atom stereocenters. The molecule has 0 atom stereocenters. The number of carbonyl (C=O) groups excluding carboxylic acids is 1. The summed E-state index contributed by atoms with van der Waals surface area (Å²) in [5, 5.41) is 0.